The Balaban J connectivity index is 2.13. The molecule has 0 atom stereocenters. The summed E-state index contributed by atoms with van der Waals surface area (Å²) in [6.07, 6.45) is 5.19. The van der Waals surface area contributed by atoms with E-state index in [1.807, 2.05) is 0 Å². The van der Waals surface area contributed by atoms with E-state index in [9.17, 15) is 10.2 Å². The lowest BCUT2D eigenvalue weighted by Crippen LogP contribution is -1.87. The zero-order chi connectivity index (χ0) is 15.9. The van der Waals surface area contributed by atoms with Crippen LogP contribution in [0, 0.1) is 3.95 Å². The summed E-state index contributed by atoms with van der Waals surface area (Å²) in [6, 6.07) is 2.96. The van der Waals surface area contributed by atoms with Crippen LogP contribution in [0.3, 0.4) is 0 Å². The van der Waals surface area contributed by atoms with Crippen LogP contribution in [0.2, 0.25) is 0 Å². The van der Waals surface area contributed by atoms with Crippen LogP contribution in [0.4, 0.5) is 10.8 Å². The van der Waals surface area contributed by atoms with Crippen molar-refractivity contribution in [2.45, 2.75) is 39.0 Å². The Hall–Kier alpha value is -1.80. The van der Waals surface area contributed by atoms with Crippen LogP contribution in [0.5, 0.6) is 11.5 Å². The minimum atomic E-state index is -0.113. The Kier molecular flexibility index (Phi) is 6.02. The molecule has 2 rings (SSSR count). The molecule has 1 aromatic heterocycles. The molecule has 0 aliphatic carbocycles. The number of rotatable bonds is 7. The summed E-state index contributed by atoms with van der Waals surface area (Å²) < 4.78 is 0.514. The van der Waals surface area contributed by atoms with E-state index in [0.29, 0.717) is 14.8 Å². The van der Waals surface area contributed by atoms with Crippen LogP contribution in [-0.2, 0) is 6.42 Å². The standard InChI is InChI=1S/C14H18N4O2S2/c1-2-3-4-5-6-9-7-10(12(20)8-11(9)19)15-16-13-17-18-14(21)22-13/h7-8,19-20H,2-6H2,1H3,(H,18,21). The van der Waals surface area contributed by atoms with Gasteiger partial charge in [0.1, 0.15) is 17.2 Å². The first-order valence-electron chi connectivity index (χ1n) is 7.12. The fourth-order valence-electron chi connectivity index (χ4n) is 1.99. The van der Waals surface area contributed by atoms with E-state index >= 15 is 0 Å². The van der Waals surface area contributed by atoms with Crippen molar-refractivity contribution in [2.24, 2.45) is 10.2 Å². The summed E-state index contributed by atoms with van der Waals surface area (Å²) >= 11 is 6.11. The van der Waals surface area contributed by atoms with Gasteiger partial charge in [-0.2, -0.15) is 0 Å². The molecule has 0 fully saturated rings. The normalized spacial score (nSPS) is 11.3. The molecule has 1 heterocycles. The molecule has 2 aromatic rings. The molecule has 22 heavy (non-hydrogen) atoms. The molecule has 0 aliphatic heterocycles. The van der Waals surface area contributed by atoms with Crippen molar-refractivity contribution in [3.05, 3.63) is 21.7 Å². The number of nitrogens with zero attached hydrogens (tertiary/aromatic N) is 3. The number of aromatic nitrogens is 2. The van der Waals surface area contributed by atoms with Gasteiger partial charge in [-0.1, -0.05) is 37.5 Å². The number of phenols is 2. The van der Waals surface area contributed by atoms with Gasteiger partial charge in [-0.25, -0.2) is 0 Å². The van der Waals surface area contributed by atoms with Crippen molar-refractivity contribution >= 4 is 34.4 Å². The Morgan fingerprint density at radius 2 is 2.00 bits per heavy atom. The van der Waals surface area contributed by atoms with Crippen molar-refractivity contribution in [3.63, 3.8) is 0 Å². The highest BCUT2D eigenvalue weighted by Crippen LogP contribution is 2.35. The number of azo groups is 1. The van der Waals surface area contributed by atoms with Crippen LogP contribution in [0.25, 0.3) is 0 Å². The third kappa shape index (κ3) is 4.60. The predicted molar refractivity (Wildman–Crippen MR) is 89.1 cm³/mol. The van der Waals surface area contributed by atoms with E-state index in [-0.39, 0.29) is 11.5 Å². The second-order valence-electron chi connectivity index (χ2n) is 4.88. The lowest BCUT2D eigenvalue weighted by atomic mass is 10.0. The first kappa shape index (κ1) is 16.6. The summed E-state index contributed by atoms with van der Waals surface area (Å²) in [6.45, 7) is 2.15. The Labute approximate surface area is 137 Å². The van der Waals surface area contributed by atoms with Gasteiger partial charge in [-0.3, -0.25) is 5.10 Å². The SMILES string of the molecule is CCCCCCc1cc(N=Nc2n[nH]c(=S)s2)c(O)cc1O. The number of aromatic amines is 1. The van der Waals surface area contributed by atoms with Crippen LogP contribution in [-0.4, -0.2) is 20.4 Å². The zero-order valence-electron chi connectivity index (χ0n) is 12.2. The second-order valence-corrected chi connectivity index (χ2v) is 6.52. The van der Waals surface area contributed by atoms with Crippen molar-refractivity contribution in [2.75, 3.05) is 0 Å². The largest absolute Gasteiger partial charge is 0.508 e. The molecule has 1 aromatic carbocycles. The molecule has 0 bridgehead atoms. The van der Waals surface area contributed by atoms with Gasteiger partial charge in [0.2, 0.25) is 5.13 Å². The number of unbranched alkanes of at least 4 members (excludes halogenated alkanes) is 3. The molecule has 0 spiro atoms. The topological polar surface area (TPSA) is 93.9 Å². The van der Waals surface area contributed by atoms with Crippen LogP contribution in [0.15, 0.2) is 22.4 Å². The van der Waals surface area contributed by atoms with E-state index in [1.54, 1.807) is 6.07 Å². The van der Waals surface area contributed by atoms with Crippen molar-refractivity contribution in [1.29, 1.82) is 0 Å². The highest BCUT2D eigenvalue weighted by atomic mass is 32.1. The van der Waals surface area contributed by atoms with Crippen LogP contribution in [0.1, 0.15) is 38.2 Å². The molecule has 0 aliphatic rings. The quantitative estimate of drug-likeness (QED) is 0.370. The summed E-state index contributed by atoms with van der Waals surface area (Å²) in [5.74, 6) is -0.0268. The number of phenolic OH excluding ortho intramolecular Hbond substituents is 2. The maximum Gasteiger partial charge on any atom is 0.250 e. The van der Waals surface area contributed by atoms with Crippen molar-refractivity contribution in [3.8, 4) is 11.5 Å². The van der Waals surface area contributed by atoms with Gasteiger partial charge in [0.05, 0.1) is 0 Å². The fraction of sp³-hybridized carbons (Fsp3) is 0.429. The zero-order valence-corrected chi connectivity index (χ0v) is 13.9. The highest BCUT2D eigenvalue weighted by Gasteiger charge is 2.09. The molecule has 8 heteroatoms. The average Bonchev–Trinajstić information content (AvgIpc) is 2.90. The summed E-state index contributed by atoms with van der Waals surface area (Å²) in [5, 5.41) is 34.5. The highest BCUT2D eigenvalue weighted by molar-refractivity contribution is 7.73. The number of H-pyrrole nitrogens is 1. The Morgan fingerprint density at radius 1 is 1.18 bits per heavy atom. The molecular weight excluding hydrogens is 320 g/mol. The maximum absolute atomic E-state index is 9.90. The van der Waals surface area contributed by atoms with Gasteiger partial charge in [0.25, 0.3) is 0 Å². The molecule has 0 radical (unpaired) electrons. The molecular formula is C14H18N4O2S2. The Bertz CT molecular complexity index is 709. The second kappa shape index (κ2) is 8.00. The Morgan fingerprint density at radius 3 is 2.68 bits per heavy atom. The lowest BCUT2D eigenvalue weighted by Gasteiger charge is -2.07. The summed E-state index contributed by atoms with van der Waals surface area (Å²) in [4.78, 5) is 0. The first-order chi connectivity index (χ1) is 10.6. The minimum absolute atomic E-state index is 0.0865. The van der Waals surface area contributed by atoms with E-state index in [0.717, 1.165) is 31.2 Å². The van der Waals surface area contributed by atoms with Gasteiger partial charge in [-0.15, -0.1) is 15.3 Å². The van der Waals surface area contributed by atoms with E-state index in [4.69, 9.17) is 12.2 Å². The summed E-state index contributed by atoms with van der Waals surface area (Å²) in [5.41, 5.74) is 1.07. The number of benzene rings is 1. The maximum atomic E-state index is 9.90. The summed E-state index contributed by atoms with van der Waals surface area (Å²) in [7, 11) is 0. The lowest BCUT2D eigenvalue weighted by molar-refractivity contribution is 0.445. The molecule has 0 unspecified atom stereocenters. The van der Waals surface area contributed by atoms with E-state index < -0.39 is 0 Å². The first-order valence-corrected chi connectivity index (χ1v) is 8.34. The van der Waals surface area contributed by atoms with Gasteiger partial charge < -0.3 is 10.2 Å². The van der Waals surface area contributed by atoms with Gasteiger partial charge in [0, 0.05) is 6.07 Å². The molecule has 0 saturated carbocycles. The number of hydrogen-bond donors (Lipinski definition) is 3. The minimum Gasteiger partial charge on any atom is -0.508 e. The number of aryl methyl sites for hydroxylation is 1. The molecule has 6 nitrogen and oxygen atoms in total. The van der Waals surface area contributed by atoms with Crippen molar-refractivity contribution in [1.82, 2.24) is 10.2 Å². The monoisotopic (exact) mass is 338 g/mol. The van der Waals surface area contributed by atoms with Crippen LogP contribution < -0.4 is 0 Å². The molecule has 118 valence electrons. The van der Waals surface area contributed by atoms with Gasteiger partial charge in [-0.05, 0) is 36.7 Å². The van der Waals surface area contributed by atoms with Crippen LogP contribution >= 0.6 is 23.6 Å². The van der Waals surface area contributed by atoms with Gasteiger partial charge in [0.15, 0.2) is 3.95 Å². The van der Waals surface area contributed by atoms with E-state index in [1.165, 1.54) is 23.8 Å². The predicted octanol–water partition coefficient (Wildman–Crippen LogP) is 5.15. The molecule has 3 N–H and O–H groups in total. The number of aromatic hydroxyl groups is 2. The van der Waals surface area contributed by atoms with Crippen molar-refractivity contribution < 1.29 is 10.2 Å². The third-order valence-corrected chi connectivity index (χ3v) is 4.12. The number of hydrogen-bond acceptors (Lipinski definition) is 7. The number of nitrogens with one attached hydrogen (secondary N) is 1. The fourth-order valence-corrected chi connectivity index (χ4v) is 2.69. The smallest absolute Gasteiger partial charge is 0.250 e. The van der Waals surface area contributed by atoms with Gasteiger partial charge >= 0.3 is 0 Å². The molecule has 0 amide bonds. The van der Waals surface area contributed by atoms with E-state index in [2.05, 4.69) is 27.3 Å². The average molecular weight is 338 g/mol. The third-order valence-electron chi connectivity index (χ3n) is 3.15. The molecule has 0 saturated heterocycles.